The van der Waals surface area contributed by atoms with E-state index in [4.69, 9.17) is 23.2 Å². The van der Waals surface area contributed by atoms with Gasteiger partial charge in [0.25, 0.3) is 0 Å². The summed E-state index contributed by atoms with van der Waals surface area (Å²) in [4.78, 5) is 0. The largest absolute Gasteiger partial charge is 0.297 e. The molecule has 1 heterocycles. The van der Waals surface area contributed by atoms with E-state index in [1.807, 2.05) is 35.8 Å². The van der Waals surface area contributed by atoms with Crippen LogP contribution in [0.15, 0.2) is 24.3 Å². The first-order valence-electron chi connectivity index (χ1n) is 4.47. The maximum atomic E-state index is 6.05. The molecule has 2 aromatic rings. The fourth-order valence-corrected chi connectivity index (χ4v) is 1.75. The highest BCUT2D eigenvalue weighted by atomic mass is 35.5. The molecular formula is C10H9Cl2N3. The van der Waals surface area contributed by atoms with Crippen molar-refractivity contribution in [2.24, 2.45) is 0 Å². The van der Waals surface area contributed by atoms with Gasteiger partial charge in [-0.1, -0.05) is 29.8 Å². The van der Waals surface area contributed by atoms with Gasteiger partial charge in [-0.2, -0.15) is 0 Å². The Labute approximate surface area is 97.7 Å². The highest BCUT2D eigenvalue weighted by molar-refractivity contribution is 6.31. The molecule has 0 aliphatic carbocycles. The Bertz CT molecular complexity index is 460. The van der Waals surface area contributed by atoms with Crippen molar-refractivity contribution in [1.82, 2.24) is 14.8 Å². The van der Waals surface area contributed by atoms with Crippen LogP contribution in [-0.2, 0) is 6.54 Å². The first-order valence-corrected chi connectivity index (χ1v) is 5.23. The molecular weight excluding hydrogens is 233 g/mol. The van der Waals surface area contributed by atoms with Gasteiger partial charge in [0.1, 0.15) is 5.82 Å². The van der Waals surface area contributed by atoms with Gasteiger partial charge in [0.15, 0.2) is 0 Å². The number of halogens is 2. The highest BCUT2D eigenvalue weighted by Crippen LogP contribution is 2.18. The Morgan fingerprint density at radius 1 is 1.20 bits per heavy atom. The van der Waals surface area contributed by atoms with Gasteiger partial charge >= 0.3 is 0 Å². The molecule has 3 nitrogen and oxygen atoms in total. The van der Waals surface area contributed by atoms with E-state index in [1.165, 1.54) is 0 Å². The van der Waals surface area contributed by atoms with Crippen LogP contribution in [0.1, 0.15) is 11.4 Å². The molecule has 0 saturated heterocycles. The average molecular weight is 242 g/mol. The number of hydrogen-bond acceptors (Lipinski definition) is 2. The molecule has 2 rings (SSSR count). The number of rotatable bonds is 2. The van der Waals surface area contributed by atoms with Crippen molar-refractivity contribution < 1.29 is 0 Å². The van der Waals surface area contributed by atoms with Gasteiger partial charge in [0.05, 0.1) is 6.54 Å². The van der Waals surface area contributed by atoms with E-state index in [1.54, 1.807) is 0 Å². The lowest BCUT2D eigenvalue weighted by Gasteiger charge is -2.06. The zero-order valence-corrected chi connectivity index (χ0v) is 9.63. The van der Waals surface area contributed by atoms with Crippen LogP contribution >= 0.6 is 23.2 Å². The lowest BCUT2D eigenvalue weighted by molar-refractivity contribution is 0.762. The molecule has 0 N–H and O–H groups in total. The third-order valence-corrected chi connectivity index (χ3v) is 2.83. The molecule has 0 aliphatic rings. The smallest absolute Gasteiger partial charge is 0.225 e. The van der Waals surface area contributed by atoms with Crippen molar-refractivity contribution in [3.63, 3.8) is 0 Å². The molecule has 0 atom stereocenters. The molecule has 0 radical (unpaired) electrons. The molecule has 78 valence electrons. The molecule has 0 spiro atoms. The number of aromatic nitrogens is 3. The maximum absolute atomic E-state index is 6.05. The number of benzene rings is 1. The summed E-state index contributed by atoms with van der Waals surface area (Å²) in [6.45, 7) is 2.45. The van der Waals surface area contributed by atoms with E-state index in [-0.39, 0.29) is 0 Å². The van der Waals surface area contributed by atoms with Crippen LogP contribution in [0.2, 0.25) is 10.3 Å². The summed E-state index contributed by atoms with van der Waals surface area (Å²) in [6.07, 6.45) is 0. The van der Waals surface area contributed by atoms with Crippen LogP contribution in [0, 0.1) is 6.92 Å². The molecule has 0 fully saturated rings. The standard InChI is InChI=1S/C10H9Cl2N3/c1-7-13-14-10(12)15(7)6-8-4-2-3-5-9(8)11/h2-5H,6H2,1H3. The summed E-state index contributed by atoms with van der Waals surface area (Å²) >= 11 is 11.9. The molecule has 0 saturated carbocycles. The monoisotopic (exact) mass is 241 g/mol. The van der Waals surface area contributed by atoms with Crippen LogP contribution in [0.3, 0.4) is 0 Å². The Hall–Kier alpha value is -1.06. The van der Waals surface area contributed by atoms with Crippen molar-refractivity contribution in [2.75, 3.05) is 0 Å². The van der Waals surface area contributed by atoms with E-state index >= 15 is 0 Å². The molecule has 1 aromatic heterocycles. The normalized spacial score (nSPS) is 10.6. The van der Waals surface area contributed by atoms with Gasteiger partial charge in [-0.25, -0.2) is 0 Å². The molecule has 5 heteroatoms. The molecule has 0 amide bonds. The Kier molecular flexibility index (Phi) is 2.93. The van der Waals surface area contributed by atoms with E-state index in [0.29, 0.717) is 11.8 Å². The van der Waals surface area contributed by atoms with Crippen LogP contribution in [0.25, 0.3) is 0 Å². The topological polar surface area (TPSA) is 30.7 Å². The molecule has 0 unspecified atom stereocenters. The molecule has 0 bridgehead atoms. The molecule has 15 heavy (non-hydrogen) atoms. The second kappa shape index (κ2) is 4.21. The Balaban J connectivity index is 2.34. The summed E-state index contributed by atoms with van der Waals surface area (Å²) in [5, 5.41) is 8.76. The first-order chi connectivity index (χ1) is 7.18. The van der Waals surface area contributed by atoms with Gasteiger partial charge in [0, 0.05) is 5.02 Å². The maximum Gasteiger partial charge on any atom is 0.225 e. The predicted octanol–water partition coefficient (Wildman–Crippen LogP) is 2.94. The Morgan fingerprint density at radius 3 is 2.53 bits per heavy atom. The van der Waals surface area contributed by atoms with Crippen LogP contribution < -0.4 is 0 Å². The van der Waals surface area contributed by atoms with Gasteiger partial charge in [-0.15, -0.1) is 10.2 Å². The van der Waals surface area contributed by atoms with Crippen LogP contribution in [0.5, 0.6) is 0 Å². The van der Waals surface area contributed by atoms with Crippen LogP contribution in [0.4, 0.5) is 0 Å². The number of nitrogens with zero attached hydrogens (tertiary/aromatic N) is 3. The fourth-order valence-electron chi connectivity index (χ4n) is 1.33. The van der Waals surface area contributed by atoms with E-state index < -0.39 is 0 Å². The summed E-state index contributed by atoms with van der Waals surface area (Å²) in [5.41, 5.74) is 1.00. The van der Waals surface area contributed by atoms with Gasteiger partial charge in [-0.3, -0.25) is 4.57 Å². The average Bonchev–Trinajstić information content (AvgIpc) is 2.53. The van der Waals surface area contributed by atoms with E-state index in [2.05, 4.69) is 10.2 Å². The fraction of sp³-hybridized carbons (Fsp3) is 0.200. The van der Waals surface area contributed by atoms with Crippen molar-refractivity contribution in [3.05, 3.63) is 46.0 Å². The van der Waals surface area contributed by atoms with Crippen LogP contribution in [-0.4, -0.2) is 14.8 Å². The minimum absolute atomic E-state index is 0.382. The molecule has 0 aliphatic heterocycles. The first kappa shape index (κ1) is 10.5. The quantitative estimate of drug-likeness (QED) is 0.810. The second-order valence-corrected chi connectivity index (χ2v) is 3.94. The lowest BCUT2D eigenvalue weighted by Crippen LogP contribution is -2.02. The number of hydrogen-bond donors (Lipinski definition) is 0. The summed E-state index contributed by atoms with van der Waals surface area (Å²) < 4.78 is 1.81. The third-order valence-electron chi connectivity index (χ3n) is 2.18. The van der Waals surface area contributed by atoms with Gasteiger partial charge in [-0.05, 0) is 30.2 Å². The highest BCUT2D eigenvalue weighted by Gasteiger charge is 2.08. The van der Waals surface area contributed by atoms with Gasteiger partial charge in [0.2, 0.25) is 5.28 Å². The summed E-state index contributed by atoms with van der Waals surface area (Å²) in [6, 6.07) is 7.64. The molecule has 1 aromatic carbocycles. The summed E-state index contributed by atoms with van der Waals surface area (Å²) in [5.74, 6) is 0.778. The summed E-state index contributed by atoms with van der Waals surface area (Å²) in [7, 11) is 0. The van der Waals surface area contributed by atoms with Crippen molar-refractivity contribution in [2.45, 2.75) is 13.5 Å². The van der Waals surface area contributed by atoms with E-state index in [9.17, 15) is 0 Å². The van der Waals surface area contributed by atoms with Crippen molar-refractivity contribution in [3.8, 4) is 0 Å². The second-order valence-electron chi connectivity index (χ2n) is 3.19. The SMILES string of the molecule is Cc1nnc(Cl)n1Cc1ccccc1Cl. The van der Waals surface area contributed by atoms with Crippen molar-refractivity contribution >= 4 is 23.2 Å². The third kappa shape index (κ3) is 2.13. The zero-order chi connectivity index (χ0) is 10.8. The van der Waals surface area contributed by atoms with Gasteiger partial charge < -0.3 is 0 Å². The minimum Gasteiger partial charge on any atom is -0.297 e. The van der Waals surface area contributed by atoms with E-state index in [0.717, 1.165) is 16.4 Å². The number of aryl methyl sites for hydroxylation is 1. The Morgan fingerprint density at radius 2 is 1.93 bits per heavy atom. The predicted molar refractivity (Wildman–Crippen MR) is 60.3 cm³/mol. The zero-order valence-electron chi connectivity index (χ0n) is 8.11. The lowest BCUT2D eigenvalue weighted by atomic mass is 10.2. The van der Waals surface area contributed by atoms with Crippen molar-refractivity contribution in [1.29, 1.82) is 0 Å². The minimum atomic E-state index is 0.382.